The summed E-state index contributed by atoms with van der Waals surface area (Å²) < 4.78 is 6.75. The summed E-state index contributed by atoms with van der Waals surface area (Å²) in [5.74, 6) is 0.344. The molecule has 1 saturated carbocycles. The molecule has 6 heteroatoms. The van der Waals surface area contributed by atoms with Gasteiger partial charge in [-0.1, -0.05) is 83.4 Å². The monoisotopic (exact) mass is 542 g/mol. The van der Waals surface area contributed by atoms with E-state index in [0.717, 1.165) is 35.7 Å². The van der Waals surface area contributed by atoms with E-state index >= 15 is 0 Å². The fourth-order valence-corrected chi connectivity index (χ4v) is 5.04. The number of carbonyl (C=O) groups is 2. The molecule has 3 rings (SSSR count). The van der Waals surface area contributed by atoms with Gasteiger partial charge in [0.2, 0.25) is 5.91 Å². The van der Waals surface area contributed by atoms with Crippen LogP contribution in [-0.2, 0) is 21.5 Å². The van der Waals surface area contributed by atoms with Crippen LogP contribution < -0.4 is 10.1 Å². The van der Waals surface area contributed by atoms with Crippen molar-refractivity contribution in [2.45, 2.75) is 90.3 Å². The van der Waals surface area contributed by atoms with Crippen molar-refractivity contribution in [3.8, 4) is 5.75 Å². The molecule has 0 heterocycles. The number of benzene rings is 2. The average Bonchev–Trinajstić information content (AvgIpc) is 2.83. The number of nitrogens with zero attached hydrogens (tertiary/aromatic N) is 1. The van der Waals surface area contributed by atoms with E-state index in [1.165, 1.54) is 12.0 Å². The molecule has 0 saturated heterocycles. The van der Waals surface area contributed by atoms with E-state index in [0.29, 0.717) is 18.7 Å². The summed E-state index contributed by atoms with van der Waals surface area (Å²) in [5.41, 5.74) is 2.18. The molecule has 1 aliphatic carbocycles. The highest BCUT2D eigenvalue weighted by molar-refractivity contribution is 9.10. The van der Waals surface area contributed by atoms with Gasteiger partial charge in [-0.3, -0.25) is 9.59 Å². The van der Waals surface area contributed by atoms with Crippen LogP contribution in [-0.4, -0.2) is 35.4 Å². The Labute approximate surface area is 218 Å². The van der Waals surface area contributed by atoms with Crippen molar-refractivity contribution in [3.05, 3.63) is 64.1 Å². The van der Waals surface area contributed by atoms with Gasteiger partial charge in [0, 0.05) is 12.6 Å². The van der Waals surface area contributed by atoms with E-state index in [9.17, 15) is 9.59 Å². The normalized spacial score (nSPS) is 15.3. The van der Waals surface area contributed by atoms with Crippen molar-refractivity contribution in [1.82, 2.24) is 10.2 Å². The highest BCUT2D eigenvalue weighted by atomic mass is 79.9. The summed E-state index contributed by atoms with van der Waals surface area (Å²) >= 11 is 3.59. The standard InChI is InChI=1S/C29H39BrN2O3/c1-5-25(28(34)31-23-14-10-7-11-15-23)32(19-21-12-8-6-9-13-21)27(33)20-35-26-17-16-22(18-24(26)30)29(2,3)4/h6,8-9,12-13,16-18,23,25H,5,7,10-11,14-15,19-20H2,1-4H3,(H,31,34). The molecule has 1 aliphatic rings. The first-order valence-corrected chi connectivity index (χ1v) is 13.5. The second kappa shape index (κ2) is 12.6. The second-order valence-electron chi connectivity index (χ2n) is 10.5. The Morgan fingerprint density at radius 3 is 2.37 bits per heavy atom. The zero-order valence-corrected chi connectivity index (χ0v) is 23.1. The molecule has 1 atom stereocenters. The summed E-state index contributed by atoms with van der Waals surface area (Å²) in [6.45, 7) is 8.66. The number of hydrogen-bond donors (Lipinski definition) is 1. The van der Waals surface area contributed by atoms with Crippen molar-refractivity contribution in [2.24, 2.45) is 0 Å². The summed E-state index contributed by atoms with van der Waals surface area (Å²) in [6, 6.07) is 15.4. The SMILES string of the molecule is CCC(C(=O)NC1CCCCC1)N(Cc1ccccc1)C(=O)COc1ccc(C(C)(C)C)cc1Br. The minimum Gasteiger partial charge on any atom is -0.483 e. The Balaban J connectivity index is 1.75. The smallest absolute Gasteiger partial charge is 0.261 e. The van der Waals surface area contributed by atoms with Crippen molar-refractivity contribution in [1.29, 1.82) is 0 Å². The molecule has 0 aromatic heterocycles. The zero-order valence-electron chi connectivity index (χ0n) is 21.5. The number of hydrogen-bond acceptors (Lipinski definition) is 3. The van der Waals surface area contributed by atoms with Gasteiger partial charge in [-0.2, -0.15) is 0 Å². The molecule has 2 aromatic rings. The third-order valence-electron chi connectivity index (χ3n) is 6.68. The molecule has 1 unspecified atom stereocenters. The van der Waals surface area contributed by atoms with Gasteiger partial charge in [-0.25, -0.2) is 0 Å². The minimum atomic E-state index is -0.542. The van der Waals surface area contributed by atoms with Crippen LogP contribution in [0.5, 0.6) is 5.75 Å². The number of amides is 2. The molecular weight excluding hydrogens is 504 g/mol. The average molecular weight is 544 g/mol. The molecule has 0 aliphatic heterocycles. The maximum atomic E-state index is 13.5. The molecule has 0 radical (unpaired) electrons. The number of nitrogens with one attached hydrogen (secondary N) is 1. The number of rotatable bonds is 9. The number of halogens is 1. The Hall–Kier alpha value is -2.34. The first-order chi connectivity index (χ1) is 16.7. The molecule has 2 aromatic carbocycles. The maximum absolute atomic E-state index is 13.5. The first kappa shape index (κ1) is 27.3. The van der Waals surface area contributed by atoms with Crippen LogP contribution in [0.3, 0.4) is 0 Å². The lowest BCUT2D eigenvalue weighted by Gasteiger charge is -2.32. The van der Waals surface area contributed by atoms with Gasteiger partial charge in [0.25, 0.3) is 5.91 Å². The predicted molar refractivity (Wildman–Crippen MR) is 144 cm³/mol. The van der Waals surface area contributed by atoms with Gasteiger partial charge < -0.3 is 15.0 Å². The van der Waals surface area contributed by atoms with Crippen LogP contribution >= 0.6 is 15.9 Å². The predicted octanol–water partition coefficient (Wildman–Crippen LogP) is 6.38. The van der Waals surface area contributed by atoms with E-state index in [-0.39, 0.29) is 29.9 Å². The van der Waals surface area contributed by atoms with E-state index in [2.05, 4.69) is 42.0 Å². The molecular formula is C29H39BrN2O3. The van der Waals surface area contributed by atoms with Crippen molar-refractivity contribution in [2.75, 3.05) is 6.61 Å². The molecule has 35 heavy (non-hydrogen) atoms. The molecule has 2 amide bonds. The van der Waals surface area contributed by atoms with Crippen molar-refractivity contribution < 1.29 is 14.3 Å². The molecule has 0 spiro atoms. The second-order valence-corrected chi connectivity index (χ2v) is 11.3. The Bertz CT molecular complexity index is 981. The van der Waals surface area contributed by atoms with Gasteiger partial charge in [-0.05, 0) is 63.9 Å². The van der Waals surface area contributed by atoms with Crippen molar-refractivity contribution in [3.63, 3.8) is 0 Å². The van der Waals surface area contributed by atoms with E-state index in [1.54, 1.807) is 4.90 Å². The minimum absolute atomic E-state index is 0.0173. The van der Waals surface area contributed by atoms with E-state index in [4.69, 9.17) is 4.74 Å². The van der Waals surface area contributed by atoms with Crippen LogP contribution in [0.2, 0.25) is 0 Å². The molecule has 0 bridgehead atoms. The van der Waals surface area contributed by atoms with Crippen LogP contribution in [0.25, 0.3) is 0 Å². The Morgan fingerprint density at radius 1 is 1.09 bits per heavy atom. The van der Waals surface area contributed by atoms with Crippen LogP contribution in [0.1, 0.15) is 77.3 Å². The van der Waals surface area contributed by atoms with Gasteiger partial charge in [0.05, 0.1) is 4.47 Å². The molecule has 1 fully saturated rings. The van der Waals surface area contributed by atoms with Gasteiger partial charge in [0.1, 0.15) is 11.8 Å². The summed E-state index contributed by atoms with van der Waals surface area (Å²) in [4.78, 5) is 28.4. The highest BCUT2D eigenvalue weighted by Gasteiger charge is 2.30. The van der Waals surface area contributed by atoms with Crippen LogP contribution in [0.4, 0.5) is 0 Å². The van der Waals surface area contributed by atoms with Gasteiger partial charge in [0.15, 0.2) is 6.61 Å². The quantitative estimate of drug-likeness (QED) is 0.399. The topological polar surface area (TPSA) is 58.6 Å². The van der Waals surface area contributed by atoms with E-state index < -0.39 is 6.04 Å². The number of carbonyl (C=O) groups excluding carboxylic acids is 2. The van der Waals surface area contributed by atoms with Gasteiger partial charge >= 0.3 is 0 Å². The fraction of sp³-hybridized carbons (Fsp3) is 0.517. The first-order valence-electron chi connectivity index (χ1n) is 12.8. The fourth-order valence-electron chi connectivity index (χ4n) is 4.55. The number of ether oxygens (including phenoxy) is 1. The van der Waals surface area contributed by atoms with E-state index in [1.807, 2.05) is 55.5 Å². The van der Waals surface area contributed by atoms with Crippen molar-refractivity contribution >= 4 is 27.7 Å². The van der Waals surface area contributed by atoms with Crippen LogP contribution in [0, 0.1) is 0 Å². The lowest BCUT2D eigenvalue weighted by molar-refractivity contribution is -0.143. The maximum Gasteiger partial charge on any atom is 0.261 e. The third-order valence-corrected chi connectivity index (χ3v) is 7.30. The molecule has 1 N–H and O–H groups in total. The summed E-state index contributed by atoms with van der Waals surface area (Å²) in [6.07, 6.45) is 6.08. The lowest BCUT2D eigenvalue weighted by Crippen LogP contribution is -2.52. The molecule has 5 nitrogen and oxygen atoms in total. The van der Waals surface area contributed by atoms with Crippen LogP contribution in [0.15, 0.2) is 53.0 Å². The Morgan fingerprint density at radius 2 is 1.77 bits per heavy atom. The summed E-state index contributed by atoms with van der Waals surface area (Å²) in [7, 11) is 0. The third kappa shape index (κ3) is 7.83. The lowest BCUT2D eigenvalue weighted by atomic mass is 9.87. The zero-order chi connectivity index (χ0) is 25.4. The molecule has 190 valence electrons. The van der Waals surface area contributed by atoms with Gasteiger partial charge in [-0.15, -0.1) is 0 Å². The Kier molecular flexibility index (Phi) is 9.79. The summed E-state index contributed by atoms with van der Waals surface area (Å²) in [5, 5.41) is 3.21. The highest BCUT2D eigenvalue weighted by Crippen LogP contribution is 2.31. The largest absolute Gasteiger partial charge is 0.483 e.